The van der Waals surface area contributed by atoms with Crippen molar-refractivity contribution in [2.24, 2.45) is 5.92 Å². The minimum atomic E-state index is -0.277. The number of hydrogen-bond donors (Lipinski definition) is 0. The van der Waals surface area contributed by atoms with E-state index in [0.717, 1.165) is 22.1 Å². The molecule has 27 heavy (non-hydrogen) atoms. The lowest BCUT2D eigenvalue weighted by molar-refractivity contribution is 0.308. The van der Waals surface area contributed by atoms with Crippen LogP contribution in [-0.4, -0.2) is 0 Å². The second kappa shape index (κ2) is 7.71. The predicted molar refractivity (Wildman–Crippen MR) is 113 cm³/mol. The van der Waals surface area contributed by atoms with Crippen LogP contribution in [0.4, 0.5) is 4.39 Å². The fourth-order valence-corrected chi connectivity index (χ4v) is 4.99. The van der Waals surface area contributed by atoms with E-state index in [4.69, 9.17) is 16.6 Å². The van der Waals surface area contributed by atoms with Gasteiger partial charge in [0.25, 0.3) is 0 Å². The smallest absolute Gasteiger partial charge is 0.198 e. The van der Waals surface area contributed by atoms with Gasteiger partial charge in [-0.3, -0.25) is 0 Å². The normalized spacial score (nSPS) is 20.4. The van der Waals surface area contributed by atoms with E-state index >= 15 is 0 Å². The van der Waals surface area contributed by atoms with E-state index in [9.17, 15) is 4.39 Å². The van der Waals surface area contributed by atoms with Gasteiger partial charge in [-0.05, 0) is 78.7 Å². The van der Waals surface area contributed by atoms with E-state index in [-0.39, 0.29) is 5.82 Å². The van der Waals surface area contributed by atoms with Gasteiger partial charge in [-0.1, -0.05) is 51.0 Å². The summed E-state index contributed by atoms with van der Waals surface area (Å²) in [6.07, 6.45) is 8.44. The number of rotatable bonds is 4. The van der Waals surface area contributed by atoms with Gasteiger partial charge in [0.2, 0.25) is 0 Å². The van der Waals surface area contributed by atoms with Gasteiger partial charge >= 0.3 is 0 Å². The van der Waals surface area contributed by atoms with E-state index in [2.05, 4.69) is 25.1 Å². The van der Waals surface area contributed by atoms with Gasteiger partial charge in [-0.25, -0.2) is 4.39 Å². The molecule has 1 aromatic heterocycles. The highest BCUT2D eigenvalue weighted by Crippen LogP contribution is 2.39. The Hall–Kier alpha value is -1.74. The quantitative estimate of drug-likeness (QED) is 0.334. The number of fused-ring (bicyclic) bond motifs is 3. The van der Waals surface area contributed by atoms with E-state index in [1.54, 1.807) is 0 Å². The summed E-state index contributed by atoms with van der Waals surface area (Å²) in [6, 6.07) is 10.3. The van der Waals surface area contributed by atoms with Crippen molar-refractivity contribution in [2.45, 2.75) is 64.7 Å². The molecule has 0 aliphatic heterocycles. The van der Waals surface area contributed by atoms with Gasteiger partial charge in [-0.15, -0.1) is 0 Å². The molecule has 3 heteroatoms. The molecule has 0 spiro atoms. The largest absolute Gasteiger partial charge is 0.441 e. The average molecular weight is 383 g/mol. The van der Waals surface area contributed by atoms with Gasteiger partial charge in [0.15, 0.2) is 16.1 Å². The molecule has 4 rings (SSSR count). The third-order valence-corrected chi connectivity index (χ3v) is 6.62. The van der Waals surface area contributed by atoms with Crippen molar-refractivity contribution in [1.29, 1.82) is 0 Å². The molecule has 1 heterocycles. The maximum Gasteiger partial charge on any atom is 0.198 e. The maximum atomic E-state index is 14.7. The van der Waals surface area contributed by atoms with Crippen LogP contribution in [0.5, 0.6) is 0 Å². The van der Waals surface area contributed by atoms with Crippen LogP contribution >= 0.6 is 12.2 Å². The summed E-state index contributed by atoms with van der Waals surface area (Å²) in [4.78, 5) is 0. The first-order valence-electron chi connectivity index (χ1n) is 10.3. The van der Waals surface area contributed by atoms with Crippen molar-refractivity contribution in [3.8, 4) is 0 Å². The summed E-state index contributed by atoms with van der Waals surface area (Å²) in [5, 5.41) is 2.74. The molecule has 1 saturated carbocycles. The topological polar surface area (TPSA) is 13.1 Å². The third kappa shape index (κ3) is 3.42. The van der Waals surface area contributed by atoms with E-state index in [1.165, 1.54) is 44.1 Å². The Morgan fingerprint density at radius 2 is 1.74 bits per heavy atom. The van der Waals surface area contributed by atoms with Gasteiger partial charge < -0.3 is 4.42 Å². The molecule has 0 radical (unpaired) electrons. The van der Waals surface area contributed by atoms with Crippen molar-refractivity contribution in [3.05, 3.63) is 52.0 Å². The monoisotopic (exact) mass is 382 g/mol. The first-order valence-corrected chi connectivity index (χ1v) is 10.7. The Morgan fingerprint density at radius 3 is 2.44 bits per heavy atom. The van der Waals surface area contributed by atoms with Crippen LogP contribution in [0.15, 0.2) is 34.7 Å². The highest BCUT2D eigenvalue weighted by Gasteiger charge is 2.22. The minimum Gasteiger partial charge on any atom is -0.441 e. The molecule has 0 unspecified atom stereocenters. The summed E-state index contributed by atoms with van der Waals surface area (Å²) in [5.74, 6) is 1.23. The zero-order chi connectivity index (χ0) is 19.0. The fraction of sp³-hybridized carbons (Fsp3) is 0.458. The molecule has 1 aliphatic rings. The Labute approximate surface area is 165 Å². The number of hydrogen-bond acceptors (Lipinski definition) is 2. The standard InChI is InChI=1S/C24H27FOS/c1-3-5-15-6-8-17(9-7-15)18-11-12-19-20-13-10-16(4-2)22(25)23(20)26-24(27)21(19)14-18/h10-15,17H,3-9H2,1-2H3. The van der Waals surface area contributed by atoms with Crippen LogP contribution in [0.1, 0.15) is 69.4 Å². The van der Waals surface area contributed by atoms with E-state index < -0.39 is 0 Å². The second-order valence-corrected chi connectivity index (χ2v) is 8.34. The molecule has 0 atom stereocenters. The van der Waals surface area contributed by atoms with Crippen LogP contribution < -0.4 is 0 Å². The Balaban J connectivity index is 1.74. The fourth-order valence-electron chi connectivity index (χ4n) is 4.74. The molecular formula is C24H27FOS. The van der Waals surface area contributed by atoms with Crippen molar-refractivity contribution in [1.82, 2.24) is 0 Å². The minimum absolute atomic E-state index is 0.277. The molecule has 1 fully saturated rings. The van der Waals surface area contributed by atoms with E-state index in [0.29, 0.717) is 28.2 Å². The van der Waals surface area contributed by atoms with Crippen molar-refractivity contribution in [2.75, 3.05) is 0 Å². The maximum absolute atomic E-state index is 14.7. The highest BCUT2D eigenvalue weighted by molar-refractivity contribution is 7.71. The molecular weight excluding hydrogens is 355 g/mol. The predicted octanol–water partition coefficient (Wildman–Crippen LogP) is 8.09. The van der Waals surface area contributed by atoms with Gasteiger partial charge in [0, 0.05) is 10.8 Å². The van der Waals surface area contributed by atoms with Crippen molar-refractivity contribution in [3.63, 3.8) is 0 Å². The lowest BCUT2D eigenvalue weighted by Gasteiger charge is -2.28. The highest BCUT2D eigenvalue weighted by atomic mass is 32.1. The second-order valence-electron chi connectivity index (χ2n) is 7.97. The molecule has 142 valence electrons. The Morgan fingerprint density at radius 1 is 1.00 bits per heavy atom. The molecule has 1 aliphatic carbocycles. The van der Waals surface area contributed by atoms with Crippen LogP contribution in [0.3, 0.4) is 0 Å². The molecule has 3 aromatic rings. The zero-order valence-electron chi connectivity index (χ0n) is 16.2. The molecule has 2 aromatic carbocycles. The number of benzene rings is 2. The molecule has 0 saturated heterocycles. The van der Waals surface area contributed by atoms with Crippen LogP contribution in [0.25, 0.3) is 21.7 Å². The van der Waals surface area contributed by atoms with E-state index in [1.807, 2.05) is 19.1 Å². The number of aryl methyl sites for hydroxylation is 1. The lowest BCUT2D eigenvalue weighted by atomic mass is 9.77. The molecule has 1 nitrogen and oxygen atoms in total. The van der Waals surface area contributed by atoms with Gasteiger partial charge in [-0.2, -0.15) is 0 Å². The van der Waals surface area contributed by atoms with Crippen molar-refractivity contribution >= 4 is 34.0 Å². The van der Waals surface area contributed by atoms with Crippen LogP contribution in [0, 0.1) is 16.4 Å². The van der Waals surface area contributed by atoms with Gasteiger partial charge in [0.1, 0.15) is 0 Å². The van der Waals surface area contributed by atoms with Gasteiger partial charge in [0.05, 0.1) is 0 Å². The summed E-state index contributed by atoms with van der Waals surface area (Å²) in [6.45, 7) is 4.22. The molecule has 0 amide bonds. The molecule has 0 bridgehead atoms. The van der Waals surface area contributed by atoms with Crippen LogP contribution in [-0.2, 0) is 6.42 Å². The Kier molecular flexibility index (Phi) is 5.32. The van der Waals surface area contributed by atoms with Crippen LogP contribution in [0.2, 0.25) is 0 Å². The number of halogens is 1. The first kappa shape index (κ1) is 18.6. The summed E-state index contributed by atoms with van der Waals surface area (Å²) >= 11 is 5.50. The lowest BCUT2D eigenvalue weighted by Crippen LogP contribution is -2.13. The average Bonchev–Trinajstić information content (AvgIpc) is 2.70. The summed E-state index contributed by atoms with van der Waals surface area (Å²) < 4.78 is 20.9. The Bertz CT molecular complexity index is 1030. The third-order valence-electron chi connectivity index (χ3n) is 6.32. The zero-order valence-corrected chi connectivity index (χ0v) is 17.0. The molecule has 0 N–H and O–H groups in total. The summed E-state index contributed by atoms with van der Waals surface area (Å²) in [7, 11) is 0. The first-order chi connectivity index (χ1) is 13.1. The van der Waals surface area contributed by atoms with Crippen molar-refractivity contribution < 1.29 is 8.81 Å². The SMILES string of the molecule is CCCC1CCC(c2ccc3c(c2)c(=S)oc2c(F)c(CC)ccc23)CC1. The summed E-state index contributed by atoms with van der Waals surface area (Å²) in [5.41, 5.74) is 2.31.